The molecule has 13 heavy (non-hydrogen) atoms. The molecule has 0 saturated carbocycles. The lowest BCUT2D eigenvalue weighted by atomic mass is 9.85. The van der Waals surface area contributed by atoms with E-state index in [1.807, 2.05) is 12.1 Å². The lowest BCUT2D eigenvalue weighted by Gasteiger charge is -2.27. The molecule has 0 saturated heterocycles. The van der Waals surface area contributed by atoms with Crippen LogP contribution in [0.5, 0.6) is 0 Å². The number of nitrogen functional groups attached to an aromatic ring is 1. The zero-order chi connectivity index (χ0) is 10.1. The van der Waals surface area contributed by atoms with Crippen LogP contribution in [0, 0.1) is 5.41 Å². The molecule has 0 spiro atoms. The maximum Gasteiger partial charge on any atom is 0.0805 e. The maximum atomic E-state index is 6.03. The lowest BCUT2D eigenvalue weighted by Crippen LogP contribution is -2.27. The van der Waals surface area contributed by atoms with Crippen LogP contribution < -0.4 is 11.5 Å². The smallest absolute Gasteiger partial charge is 0.0805 e. The normalized spacial score (nSPS) is 14.2. The molecule has 72 valence electrons. The molecule has 0 aromatic carbocycles. The minimum absolute atomic E-state index is 0.0114. The fraction of sp³-hybridized carbons (Fsp3) is 0.500. The van der Waals surface area contributed by atoms with E-state index in [4.69, 9.17) is 11.5 Å². The molecule has 0 bridgehead atoms. The second-order valence-electron chi connectivity index (χ2n) is 4.32. The highest BCUT2D eigenvalue weighted by molar-refractivity contribution is 5.44. The average molecular weight is 179 g/mol. The van der Waals surface area contributed by atoms with Gasteiger partial charge in [-0.2, -0.15) is 0 Å². The Labute approximate surface area is 79.2 Å². The van der Waals surface area contributed by atoms with Gasteiger partial charge < -0.3 is 11.5 Å². The Balaban J connectivity index is 3.02. The molecule has 0 fully saturated rings. The summed E-state index contributed by atoms with van der Waals surface area (Å²) in [6, 6.07) is 3.52. The molecule has 0 aliphatic heterocycles. The van der Waals surface area contributed by atoms with Crippen molar-refractivity contribution in [2.24, 2.45) is 11.1 Å². The van der Waals surface area contributed by atoms with Crippen molar-refractivity contribution >= 4 is 5.69 Å². The predicted molar refractivity (Wildman–Crippen MR) is 55.0 cm³/mol. The standard InChI is InChI=1S/C10H17N3/c1-10(2,3)9(12)8-7(11)5-4-6-13-8/h4-6,9H,11-12H2,1-3H3/t9-/m0/s1. The van der Waals surface area contributed by atoms with E-state index in [-0.39, 0.29) is 11.5 Å². The van der Waals surface area contributed by atoms with Gasteiger partial charge in [0.15, 0.2) is 0 Å². The summed E-state index contributed by atoms with van der Waals surface area (Å²) in [6.07, 6.45) is 1.72. The largest absolute Gasteiger partial charge is 0.397 e. The van der Waals surface area contributed by atoms with Crippen molar-refractivity contribution in [2.45, 2.75) is 26.8 Å². The topological polar surface area (TPSA) is 64.9 Å². The summed E-state index contributed by atoms with van der Waals surface area (Å²) >= 11 is 0. The van der Waals surface area contributed by atoms with Gasteiger partial charge in [0, 0.05) is 6.20 Å². The van der Waals surface area contributed by atoms with E-state index in [2.05, 4.69) is 25.8 Å². The summed E-state index contributed by atoms with van der Waals surface area (Å²) in [6.45, 7) is 6.23. The Morgan fingerprint density at radius 3 is 2.46 bits per heavy atom. The third kappa shape index (κ3) is 2.18. The number of anilines is 1. The Bertz CT molecular complexity index is 288. The van der Waals surface area contributed by atoms with E-state index >= 15 is 0 Å². The first-order chi connectivity index (χ1) is 5.93. The third-order valence-corrected chi connectivity index (χ3v) is 2.10. The van der Waals surface area contributed by atoms with Crippen LogP contribution in [0.25, 0.3) is 0 Å². The van der Waals surface area contributed by atoms with Gasteiger partial charge in [0.1, 0.15) is 0 Å². The van der Waals surface area contributed by atoms with E-state index < -0.39 is 0 Å². The number of aromatic nitrogens is 1. The van der Waals surface area contributed by atoms with E-state index in [1.54, 1.807) is 6.20 Å². The van der Waals surface area contributed by atoms with Crippen LogP contribution in [0.3, 0.4) is 0 Å². The van der Waals surface area contributed by atoms with Gasteiger partial charge in [-0.05, 0) is 17.5 Å². The molecule has 0 amide bonds. The number of nitrogens with zero attached hydrogens (tertiary/aromatic N) is 1. The number of hydrogen-bond donors (Lipinski definition) is 2. The molecule has 0 unspecified atom stereocenters. The number of rotatable bonds is 1. The molecule has 1 atom stereocenters. The fourth-order valence-corrected chi connectivity index (χ4v) is 1.10. The number of pyridine rings is 1. The summed E-state index contributed by atoms with van der Waals surface area (Å²) in [5.41, 5.74) is 13.3. The van der Waals surface area contributed by atoms with E-state index in [0.29, 0.717) is 5.69 Å². The van der Waals surface area contributed by atoms with Gasteiger partial charge in [0.2, 0.25) is 0 Å². The first-order valence-corrected chi connectivity index (χ1v) is 4.39. The summed E-state index contributed by atoms with van der Waals surface area (Å²) < 4.78 is 0. The Morgan fingerprint density at radius 1 is 1.38 bits per heavy atom. The molecule has 1 rings (SSSR count). The predicted octanol–water partition coefficient (Wildman–Crippen LogP) is 1.71. The molecule has 1 aromatic heterocycles. The van der Waals surface area contributed by atoms with Gasteiger partial charge in [-0.1, -0.05) is 20.8 Å². The van der Waals surface area contributed by atoms with Gasteiger partial charge in [-0.3, -0.25) is 4.98 Å². The molecule has 0 aliphatic rings. The van der Waals surface area contributed by atoms with Gasteiger partial charge in [0.25, 0.3) is 0 Å². The van der Waals surface area contributed by atoms with Crippen LogP contribution in [-0.2, 0) is 0 Å². The summed E-state index contributed by atoms with van der Waals surface area (Å²) in [4.78, 5) is 4.19. The Morgan fingerprint density at radius 2 is 2.00 bits per heavy atom. The monoisotopic (exact) mass is 179 g/mol. The van der Waals surface area contributed by atoms with Crippen molar-refractivity contribution in [1.82, 2.24) is 4.98 Å². The molecule has 3 heteroatoms. The molecule has 0 radical (unpaired) electrons. The molecular formula is C10H17N3. The third-order valence-electron chi connectivity index (χ3n) is 2.10. The van der Waals surface area contributed by atoms with Crippen molar-refractivity contribution in [2.75, 3.05) is 5.73 Å². The molecular weight excluding hydrogens is 162 g/mol. The van der Waals surface area contributed by atoms with Gasteiger partial charge in [-0.25, -0.2) is 0 Å². The minimum Gasteiger partial charge on any atom is -0.397 e. The van der Waals surface area contributed by atoms with E-state index in [9.17, 15) is 0 Å². The van der Waals surface area contributed by atoms with Crippen LogP contribution in [0.4, 0.5) is 5.69 Å². The second kappa shape index (κ2) is 3.34. The van der Waals surface area contributed by atoms with Crippen molar-refractivity contribution in [3.05, 3.63) is 24.0 Å². The van der Waals surface area contributed by atoms with Crippen LogP contribution in [0.2, 0.25) is 0 Å². The highest BCUT2D eigenvalue weighted by Crippen LogP contribution is 2.31. The highest BCUT2D eigenvalue weighted by Gasteiger charge is 2.24. The molecule has 1 heterocycles. The van der Waals surface area contributed by atoms with Gasteiger partial charge in [-0.15, -0.1) is 0 Å². The molecule has 1 aromatic rings. The van der Waals surface area contributed by atoms with Crippen LogP contribution in [-0.4, -0.2) is 4.98 Å². The van der Waals surface area contributed by atoms with Crippen LogP contribution in [0.1, 0.15) is 32.5 Å². The lowest BCUT2D eigenvalue weighted by molar-refractivity contribution is 0.322. The van der Waals surface area contributed by atoms with Gasteiger partial charge >= 0.3 is 0 Å². The summed E-state index contributed by atoms with van der Waals surface area (Å²) in [5.74, 6) is 0. The zero-order valence-corrected chi connectivity index (χ0v) is 8.41. The quantitative estimate of drug-likeness (QED) is 0.689. The first kappa shape index (κ1) is 9.99. The van der Waals surface area contributed by atoms with Crippen molar-refractivity contribution in [3.8, 4) is 0 Å². The average Bonchev–Trinajstić information content (AvgIpc) is 2.02. The SMILES string of the molecule is CC(C)(C)[C@@H](N)c1ncccc1N. The Hall–Kier alpha value is -1.09. The maximum absolute atomic E-state index is 6.03. The van der Waals surface area contributed by atoms with Gasteiger partial charge in [0.05, 0.1) is 17.4 Å². The van der Waals surface area contributed by atoms with Crippen molar-refractivity contribution < 1.29 is 0 Å². The first-order valence-electron chi connectivity index (χ1n) is 4.39. The minimum atomic E-state index is -0.117. The molecule has 4 N–H and O–H groups in total. The van der Waals surface area contributed by atoms with Crippen molar-refractivity contribution in [1.29, 1.82) is 0 Å². The van der Waals surface area contributed by atoms with Crippen molar-refractivity contribution in [3.63, 3.8) is 0 Å². The molecule has 3 nitrogen and oxygen atoms in total. The van der Waals surface area contributed by atoms with E-state index in [0.717, 1.165) is 5.69 Å². The fourth-order valence-electron chi connectivity index (χ4n) is 1.10. The van der Waals surface area contributed by atoms with E-state index in [1.165, 1.54) is 0 Å². The molecule has 0 aliphatic carbocycles. The Kier molecular flexibility index (Phi) is 2.57. The van der Waals surface area contributed by atoms with Crippen LogP contribution in [0.15, 0.2) is 18.3 Å². The number of nitrogens with two attached hydrogens (primary N) is 2. The van der Waals surface area contributed by atoms with Crippen LogP contribution >= 0.6 is 0 Å². The zero-order valence-electron chi connectivity index (χ0n) is 8.41. The second-order valence-corrected chi connectivity index (χ2v) is 4.32. The summed E-state index contributed by atoms with van der Waals surface area (Å²) in [5, 5.41) is 0. The summed E-state index contributed by atoms with van der Waals surface area (Å²) in [7, 11) is 0. The highest BCUT2D eigenvalue weighted by atomic mass is 14.8. The number of hydrogen-bond acceptors (Lipinski definition) is 3.